The molecule has 7 nitrogen and oxygen atoms in total. The third-order valence-corrected chi connectivity index (χ3v) is 3.46. The summed E-state index contributed by atoms with van der Waals surface area (Å²) in [6.45, 7) is 3.19. The van der Waals surface area contributed by atoms with Crippen LogP contribution in [-0.2, 0) is 18.4 Å². The van der Waals surface area contributed by atoms with Crippen molar-refractivity contribution in [1.82, 2.24) is 30.5 Å². The molecule has 2 N–H and O–H groups in total. The minimum absolute atomic E-state index is 0.0889. The first-order valence-electron chi connectivity index (χ1n) is 6.69. The van der Waals surface area contributed by atoms with Gasteiger partial charge in [-0.2, -0.15) is 0 Å². The molecule has 19 heavy (non-hydrogen) atoms. The van der Waals surface area contributed by atoms with Crippen LogP contribution in [0.1, 0.15) is 18.5 Å². The Morgan fingerprint density at radius 2 is 2.21 bits per heavy atom. The standard InChI is InChI=1S/C12H22N6O/c1-13-12(19)9-18-5-3-10(4-6-18)14-7-11-8-17(2)16-15-11/h8,10,14H,3-7,9H2,1-2H3,(H,13,19). The van der Waals surface area contributed by atoms with Gasteiger partial charge < -0.3 is 10.6 Å². The van der Waals surface area contributed by atoms with E-state index in [9.17, 15) is 4.79 Å². The molecule has 0 spiro atoms. The highest BCUT2D eigenvalue weighted by Crippen LogP contribution is 2.10. The second kappa shape index (κ2) is 6.63. The van der Waals surface area contributed by atoms with Crippen molar-refractivity contribution < 1.29 is 4.79 Å². The van der Waals surface area contributed by atoms with Gasteiger partial charge in [0.1, 0.15) is 0 Å². The zero-order chi connectivity index (χ0) is 13.7. The van der Waals surface area contributed by atoms with E-state index in [2.05, 4.69) is 25.8 Å². The Morgan fingerprint density at radius 1 is 1.47 bits per heavy atom. The number of nitrogens with one attached hydrogen (secondary N) is 2. The molecular formula is C12H22N6O. The average Bonchev–Trinajstić information content (AvgIpc) is 2.83. The molecule has 0 unspecified atom stereocenters. The van der Waals surface area contributed by atoms with E-state index in [4.69, 9.17) is 0 Å². The Balaban J connectivity index is 1.67. The molecule has 1 aliphatic heterocycles. The van der Waals surface area contributed by atoms with E-state index < -0.39 is 0 Å². The van der Waals surface area contributed by atoms with Crippen molar-refractivity contribution in [2.24, 2.45) is 7.05 Å². The van der Waals surface area contributed by atoms with Crippen molar-refractivity contribution in [3.8, 4) is 0 Å². The summed E-state index contributed by atoms with van der Waals surface area (Å²) in [5.41, 5.74) is 0.968. The van der Waals surface area contributed by atoms with Crippen molar-refractivity contribution >= 4 is 5.91 Å². The zero-order valence-corrected chi connectivity index (χ0v) is 11.6. The maximum absolute atomic E-state index is 11.3. The Labute approximate surface area is 113 Å². The number of carbonyl (C=O) groups excluding carboxylic acids is 1. The van der Waals surface area contributed by atoms with Gasteiger partial charge >= 0.3 is 0 Å². The summed E-state index contributed by atoms with van der Waals surface area (Å²) in [5.74, 6) is 0.0889. The van der Waals surface area contributed by atoms with Gasteiger partial charge in [0.05, 0.1) is 12.2 Å². The zero-order valence-electron chi connectivity index (χ0n) is 11.6. The highest BCUT2D eigenvalue weighted by atomic mass is 16.1. The van der Waals surface area contributed by atoms with E-state index in [1.807, 2.05) is 13.2 Å². The van der Waals surface area contributed by atoms with Crippen molar-refractivity contribution in [2.75, 3.05) is 26.7 Å². The van der Waals surface area contributed by atoms with Gasteiger partial charge in [0.15, 0.2) is 0 Å². The first kappa shape index (κ1) is 14.0. The van der Waals surface area contributed by atoms with Gasteiger partial charge in [0.25, 0.3) is 0 Å². The molecule has 1 aromatic heterocycles. The molecule has 0 saturated carbocycles. The Morgan fingerprint density at radius 3 is 2.79 bits per heavy atom. The highest BCUT2D eigenvalue weighted by molar-refractivity contribution is 5.77. The largest absolute Gasteiger partial charge is 0.358 e. The minimum atomic E-state index is 0.0889. The first-order valence-corrected chi connectivity index (χ1v) is 6.69. The van der Waals surface area contributed by atoms with Crippen LogP contribution >= 0.6 is 0 Å². The van der Waals surface area contributed by atoms with Gasteiger partial charge in [-0.1, -0.05) is 5.21 Å². The molecule has 0 atom stereocenters. The lowest BCUT2D eigenvalue weighted by molar-refractivity contribution is -0.122. The number of aromatic nitrogens is 3. The van der Waals surface area contributed by atoms with Crippen LogP contribution in [0.25, 0.3) is 0 Å². The predicted molar refractivity (Wildman–Crippen MR) is 71.4 cm³/mol. The van der Waals surface area contributed by atoms with Gasteiger partial charge in [-0.15, -0.1) is 5.10 Å². The average molecular weight is 266 g/mol. The highest BCUT2D eigenvalue weighted by Gasteiger charge is 2.20. The van der Waals surface area contributed by atoms with E-state index in [1.165, 1.54) is 0 Å². The quantitative estimate of drug-likeness (QED) is 0.723. The molecular weight excluding hydrogens is 244 g/mol. The number of hydrogen-bond acceptors (Lipinski definition) is 5. The van der Waals surface area contributed by atoms with Crippen LogP contribution < -0.4 is 10.6 Å². The van der Waals surface area contributed by atoms with Gasteiger partial charge in [0.2, 0.25) is 5.91 Å². The summed E-state index contributed by atoms with van der Waals surface area (Å²) in [6, 6.07) is 0.503. The monoisotopic (exact) mass is 266 g/mol. The van der Waals surface area contributed by atoms with E-state index in [-0.39, 0.29) is 5.91 Å². The molecule has 1 aromatic rings. The smallest absolute Gasteiger partial charge is 0.233 e. The van der Waals surface area contributed by atoms with Crippen LogP contribution in [0.15, 0.2) is 6.20 Å². The van der Waals surface area contributed by atoms with Crippen LogP contribution in [-0.4, -0.2) is 58.5 Å². The van der Waals surface area contributed by atoms with Crippen LogP contribution in [0.3, 0.4) is 0 Å². The molecule has 1 amide bonds. The molecule has 7 heteroatoms. The fourth-order valence-electron chi connectivity index (χ4n) is 2.30. The number of likely N-dealkylation sites (N-methyl/N-ethyl adjacent to an activating group) is 1. The molecule has 2 heterocycles. The lowest BCUT2D eigenvalue weighted by atomic mass is 10.0. The van der Waals surface area contributed by atoms with Crippen LogP contribution in [0.2, 0.25) is 0 Å². The normalized spacial score (nSPS) is 17.6. The lowest BCUT2D eigenvalue weighted by Gasteiger charge is -2.31. The fraction of sp³-hybridized carbons (Fsp3) is 0.750. The summed E-state index contributed by atoms with van der Waals surface area (Å²) < 4.78 is 1.71. The maximum Gasteiger partial charge on any atom is 0.233 e. The molecule has 0 radical (unpaired) electrons. The molecule has 0 bridgehead atoms. The van der Waals surface area contributed by atoms with E-state index in [0.29, 0.717) is 12.6 Å². The van der Waals surface area contributed by atoms with E-state index in [0.717, 1.165) is 38.2 Å². The van der Waals surface area contributed by atoms with E-state index >= 15 is 0 Å². The van der Waals surface area contributed by atoms with Gasteiger partial charge in [-0.25, -0.2) is 0 Å². The summed E-state index contributed by atoms with van der Waals surface area (Å²) in [7, 11) is 3.55. The SMILES string of the molecule is CNC(=O)CN1CCC(NCc2cn(C)nn2)CC1. The van der Waals surface area contributed by atoms with E-state index in [1.54, 1.807) is 11.7 Å². The number of nitrogens with zero attached hydrogens (tertiary/aromatic N) is 4. The summed E-state index contributed by atoms with van der Waals surface area (Å²) in [5, 5.41) is 14.1. The number of hydrogen-bond donors (Lipinski definition) is 2. The van der Waals surface area contributed by atoms with Crippen LogP contribution in [0.5, 0.6) is 0 Å². The Kier molecular flexibility index (Phi) is 4.86. The first-order chi connectivity index (χ1) is 9.17. The van der Waals surface area contributed by atoms with Crippen molar-refractivity contribution in [2.45, 2.75) is 25.4 Å². The third-order valence-electron chi connectivity index (χ3n) is 3.46. The van der Waals surface area contributed by atoms with Crippen molar-refractivity contribution in [1.29, 1.82) is 0 Å². The summed E-state index contributed by atoms with van der Waals surface area (Å²) in [4.78, 5) is 13.5. The molecule has 0 aromatic carbocycles. The minimum Gasteiger partial charge on any atom is -0.358 e. The second-order valence-corrected chi connectivity index (χ2v) is 4.99. The number of aryl methyl sites for hydroxylation is 1. The van der Waals surface area contributed by atoms with Gasteiger partial charge in [-0.05, 0) is 12.8 Å². The second-order valence-electron chi connectivity index (χ2n) is 4.99. The van der Waals surface area contributed by atoms with Gasteiger partial charge in [-0.3, -0.25) is 14.4 Å². The van der Waals surface area contributed by atoms with Crippen LogP contribution in [0, 0.1) is 0 Å². The Bertz CT molecular complexity index is 410. The van der Waals surface area contributed by atoms with Gasteiger partial charge in [0, 0.05) is 46.0 Å². The molecule has 1 aliphatic rings. The fourth-order valence-corrected chi connectivity index (χ4v) is 2.30. The lowest BCUT2D eigenvalue weighted by Crippen LogP contribution is -2.45. The topological polar surface area (TPSA) is 75.1 Å². The Hall–Kier alpha value is -1.47. The summed E-state index contributed by atoms with van der Waals surface area (Å²) >= 11 is 0. The third kappa shape index (κ3) is 4.29. The molecule has 2 rings (SSSR count). The van der Waals surface area contributed by atoms with Crippen LogP contribution in [0.4, 0.5) is 0 Å². The number of amides is 1. The predicted octanol–water partition coefficient (Wildman–Crippen LogP) is -0.885. The molecule has 0 aliphatic carbocycles. The van der Waals surface area contributed by atoms with Crippen molar-refractivity contribution in [3.05, 3.63) is 11.9 Å². The number of rotatable bonds is 5. The maximum atomic E-state index is 11.3. The molecule has 1 saturated heterocycles. The number of piperidine rings is 1. The number of likely N-dealkylation sites (tertiary alicyclic amines) is 1. The summed E-state index contributed by atoms with van der Waals surface area (Å²) in [6.07, 6.45) is 4.06. The molecule has 1 fully saturated rings. The number of carbonyl (C=O) groups is 1. The molecule has 106 valence electrons. The van der Waals surface area contributed by atoms with Crippen molar-refractivity contribution in [3.63, 3.8) is 0 Å².